The first-order valence-electron chi connectivity index (χ1n) is 2.53. The van der Waals surface area contributed by atoms with E-state index in [9.17, 15) is 4.79 Å². The fourth-order valence-corrected chi connectivity index (χ4v) is 0.477. The predicted molar refractivity (Wildman–Crippen MR) is 40.3 cm³/mol. The van der Waals surface area contributed by atoms with E-state index in [0.29, 0.717) is 11.9 Å². The summed E-state index contributed by atoms with van der Waals surface area (Å²) in [5.41, 5.74) is 0. The standard InChI is InChI=1S/C6H8BrNO/c1-2-3-4-8-6(9)5-7/h4-5H2,1H3,(H,8,9). The normalized spacial score (nSPS) is 7.33. The van der Waals surface area contributed by atoms with Crippen molar-refractivity contribution in [2.24, 2.45) is 0 Å². The Morgan fingerprint density at radius 1 is 1.78 bits per heavy atom. The molecule has 0 aliphatic rings. The number of nitrogens with one attached hydrogen (secondary N) is 1. The molecule has 0 bridgehead atoms. The molecule has 0 aliphatic carbocycles. The van der Waals surface area contributed by atoms with Gasteiger partial charge in [-0.25, -0.2) is 0 Å². The van der Waals surface area contributed by atoms with Crippen molar-refractivity contribution in [3.63, 3.8) is 0 Å². The third-order valence-corrected chi connectivity index (χ3v) is 1.18. The molecule has 0 rings (SSSR count). The lowest BCUT2D eigenvalue weighted by Crippen LogP contribution is -2.24. The fraction of sp³-hybridized carbons (Fsp3) is 0.500. The van der Waals surface area contributed by atoms with Gasteiger partial charge < -0.3 is 5.32 Å². The van der Waals surface area contributed by atoms with Crippen molar-refractivity contribution in [1.82, 2.24) is 5.32 Å². The minimum Gasteiger partial charge on any atom is -0.344 e. The van der Waals surface area contributed by atoms with Crippen LogP contribution in [-0.2, 0) is 4.79 Å². The van der Waals surface area contributed by atoms with Crippen LogP contribution in [-0.4, -0.2) is 17.8 Å². The first-order valence-corrected chi connectivity index (χ1v) is 3.65. The Labute approximate surface area is 63.1 Å². The number of amides is 1. The fourth-order valence-electron chi connectivity index (χ4n) is 0.278. The SMILES string of the molecule is CC#CCNC(=O)CBr. The minimum absolute atomic E-state index is 0.0299. The van der Waals surface area contributed by atoms with Crippen LogP contribution in [0.1, 0.15) is 6.92 Å². The van der Waals surface area contributed by atoms with Crippen molar-refractivity contribution in [1.29, 1.82) is 0 Å². The second-order valence-corrected chi connectivity index (χ2v) is 1.90. The molecule has 0 fully saturated rings. The van der Waals surface area contributed by atoms with Crippen LogP contribution in [0.15, 0.2) is 0 Å². The van der Waals surface area contributed by atoms with Crippen molar-refractivity contribution >= 4 is 21.8 Å². The van der Waals surface area contributed by atoms with Crippen LogP contribution in [0.2, 0.25) is 0 Å². The molecule has 2 nitrogen and oxygen atoms in total. The van der Waals surface area contributed by atoms with Crippen LogP contribution in [0.4, 0.5) is 0 Å². The number of alkyl halides is 1. The highest BCUT2D eigenvalue weighted by atomic mass is 79.9. The molecule has 0 radical (unpaired) electrons. The molecule has 50 valence electrons. The van der Waals surface area contributed by atoms with E-state index in [2.05, 4.69) is 33.1 Å². The molecular weight excluding hydrogens is 182 g/mol. The van der Waals surface area contributed by atoms with Crippen LogP contribution < -0.4 is 5.32 Å². The largest absolute Gasteiger partial charge is 0.344 e. The molecule has 9 heavy (non-hydrogen) atoms. The van der Waals surface area contributed by atoms with Gasteiger partial charge in [0.25, 0.3) is 0 Å². The molecule has 0 aromatic carbocycles. The van der Waals surface area contributed by atoms with E-state index >= 15 is 0 Å². The summed E-state index contributed by atoms with van der Waals surface area (Å²) < 4.78 is 0. The van der Waals surface area contributed by atoms with E-state index < -0.39 is 0 Å². The Kier molecular flexibility index (Phi) is 5.34. The lowest BCUT2D eigenvalue weighted by atomic mass is 10.5. The van der Waals surface area contributed by atoms with Gasteiger partial charge in [0.1, 0.15) is 0 Å². The first-order chi connectivity index (χ1) is 4.31. The van der Waals surface area contributed by atoms with Gasteiger partial charge in [-0.05, 0) is 6.92 Å². The van der Waals surface area contributed by atoms with Gasteiger partial charge in [0.15, 0.2) is 0 Å². The number of carbonyl (C=O) groups excluding carboxylic acids is 1. The number of halogens is 1. The Morgan fingerprint density at radius 3 is 2.89 bits per heavy atom. The van der Waals surface area contributed by atoms with E-state index in [4.69, 9.17) is 0 Å². The molecule has 3 heteroatoms. The summed E-state index contributed by atoms with van der Waals surface area (Å²) in [6.45, 7) is 2.18. The summed E-state index contributed by atoms with van der Waals surface area (Å²) in [4.78, 5) is 10.5. The van der Waals surface area contributed by atoms with Crippen LogP contribution >= 0.6 is 15.9 Å². The van der Waals surface area contributed by atoms with Gasteiger partial charge in [0.2, 0.25) is 5.91 Å². The topological polar surface area (TPSA) is 29.1 Å². The summed E-state index contributed by atoms with van der Waals surface area (Å²) in [7, 11) is 0. The highest BCUT2D eigenvalue weighted by molar-refractivity contribution is 9.09. The van der Waals surface area contributed by atoms with E-state index in [1.54, 1.807) is 6.92 Å². The molecule has 0 aliphatic heterocycles. The summed E-state index contributed by atoms with van der Waals surface area (Å²) in [6.07, 6.45) is 0. The van der Waals surface area contributed by atoms with E-state index in [-0.39, 0.29) is 5.91 Å². The van der Waals surface area contributed by atoms with Crippen molar-refractivity contribution in [3.05, 3.63) is 0 Å². The predicted octanol–water partition coefficient (Wildman–Crippen LogP) is 0.521. The average molecular weight is 190 g/mol. The summed E-state index contributed by atoms with van der Waals surface area (Å²) >= 11 is 3.01. The molecule has 0 heterocycles. The van der Waals surface area contributed by atoms with Crippen LogP contribution in [0, 0.1) is 11.8 Å². The second-order valence-electron chi connectivity index (χ2n) is 1.34. The average Bonchev–Trinajstić information content (AvgIpc) is 1.89. The molecule has 0 aromatic rings. The van der Waals surface area contributed by atoms with Gasteiger partial charge in [0, 0.05) is 0 Å². The zero-order valence-electron chi connectivity index (χ0n) is 5.20. The highest BCUT2D eigenvalue weighted by Crippen LogP contribution is 1.76. The lowest BCUT2D eigenvalue weighted by Gasteiger charge is -1.92. The molecule has 0 atom stereocenters. The summed E-state index contributed by atoms with van der Waals surface area (Å²) in [5.74, 6) is 5.35. The van der Waals surface area contributed by atoms with Gasteiger partial charge in [0.05, 0.1) is 11.9 Å². The highest BCUT2D eigenvalue weighted by Gasteiger charge is 1.91. The molecule has 0 saturated carbocycles. The van der Waals surface area contributed by atoms with Crippen molar-refractivity contribution in [2.45, 2.75) is 6.92 Å². The molecule has 1 amide bonds. The Hall–Kier alpha value is -0.490. The van der Waals surface area contributed by atoms with E-state index in [1.807, 2.05) is 0 Å². The molecular formula is C6H8BrNO. The van der Waals surface area contributed by atoms with E-state index in [0.717, 1.165) is 0 Å². The monoisotopic (exact) mass is 189 g/mol. The van der Waals surface area contributed by atoms with Crippen molar-refractivity contribution in [3.8, 4) is 11.8 Å². The summed E-state index contributed by atoms with van der Waals surface area (Å²) in [5, 5.41) is 2.92. The molecule has 0 unspecified atom stereocenters. The smallest absolute Gasteiger partial charge is 0.231 e. The van der Waals surface area contributed by atoms with Crippen molar-refractivity contribution in [2.75, 3.05) is 11.9 Å². The maximum absolute atomic E-state index is 10.5. The number of carbonyl (C=O) groups is 1. The maximum atomic E-state index is 10.5. The van der Waals surface area contributed by atoms with Gasteiger partial charge in [-0.3, -0.25) is 4.79 Å². The third kappa shape index (κ3) is 5.38. The first kappa shape index (κ1) is 8.51. The zero-order chi connectivity index (χ0) is 7.11. The van der Waals surface area contributed by atoms with Gasteiger partial charge in [-0.15, -0.1) is 5.92 Å². The molecule has 1 N–H and O–H groups in total. The van der Waals surface area contributed by atoms with Crippen LogP contribution in [0.25, 0.3) is 0 Å². The Balaban J connectivity index is 3.24. The Morgan fingerprint density at radius 2 is 2.44 bits per heavy atom. The molecule has 0 saturated heterocycles. The van der Waals surface area contributed by atoms with Crippen LogP contribution in [0.3, 0.4) is 0 Å². The van der Waals surface area contributed by atoms with Gasteiger partial charge in [-0.2, -0.15) is 0 Å². The van der Waals surface area contributed by atoms with Crippen molar-refractivity contribution < 1.29 is 4.79 Å². The molecule has 0 aromatic heterocycles. The zero-order valence-corrected chi connectivity index (χ0v) is 6.79. The molecule has 0 spiro atoms. The second kappa shape index (κ2) is 5.64. The summed E-state index contributed by atoms with van der Waals surface area (Å²) in [6, 6.07) is 0. The maximum Gasteiger partial charge on any atom is 0.231 e. The third-order valence-electron chi connectivity index (χ3n) is 0.672. The quantitative estimate of drug-likeness (QED) is 0.499. The number of hydrogen-bond acceptors (Lipinski definition) is 1. The van der Waals surface area contributed by atoms with Gasteiger partial charge >= 0.3 is 0 Å². The van der Waals surface area contributed by atoms with E-state index in [1.165, 1.54) is 0 Å². The minimum atomic E-state index is -0.0299. The van der Waals surface area contributed by atoms with Gasteiger partial charge in [-0.1, -0.05) is 21.9 Å². The number of rotatable bonds is 2. The van der Waals surface area contributed by atoms with Crippen LogP contribution in [0.5, 0.6) is 0 Å². The Bertz CT molecular complexity index is 145. The lowest BCUT2D eigenvalue weighted by molar-refractivity contribution is -0.118. The number of hydrogen-bond donors (Lipinski definition) is 1.